The molecule has 0 amide bonds. The molecule has 1 atom stereocenters. The molecule has 1 aromatic rings. The van der Waals surface area contributed by atoms with Gasteiger partial charge in [-0.3, -0.25) is 4.98 Å². The zero-order valence-electron chi connectivity index (χ0n) is 7.82. The van der Waals surface area contributed by atoms with Gasteiger partial charge in [0.1, 0.15) is 6.10 Å². The fourth-order valence-electron chi connectivity index (χ4n) is 1.28. The molecule has 0 saturated carbocycles. The minimum absolute atomic E-state index is 0.117. The third-order valence-electron chi connectivity index (χ3n) is 1.84. The predicted octanol–water partition coefficient (Wildman–Crippen LogP) is 2.43. The molecule has 0 aliphatic rings. The normalized spacial score (nSPS) is 13.3. The molecule has 0 saturated heterocycles. The van der Waals surface area contributed by atoms with Crippen molar-refractivity contribution in [2.45, 2.75) is 20.0 Å². The number of aromatic nitrogens is 1. The van der Waals surface area contributed by atoms with E-state index in [1.807, 2.05) is 18.2 Å². The summed E-state index contributed by atoms with van der Waals surface area (Å²) in [6.07, 6.45) is 1.91. The van der Waals surface area contributed by atoms with Crippen LogP contribution in [0.3, 0.4) is 0 Å². The van der Waals surface area contributed by atoms with Crippen LogP contribution in [0.4, 0.5) is 0 Å². The standard InChI is InChI=1S/C10H15NO/c1-8(2)10(12-3)9-6-4-5-7-11-9/h4-8,10H,1-3H3. The minimum atomic E-state index is 0.117. The molecule has 66 valence electrons. The van der Waals surface area contributed by atoms with E-state index in [2.05, 4.69) is 18.8 Å². The van der Waals surface area contributed by atoms with Crippen LogP contribution in [0.25, 0.3) is 0 Å². The highest BCUT2D eigenvalue weighted by atomic mass is 16.5. The largest absolute Gasteiger partial charge is 0.375 e. The first-order valence-corrected chi connectivity index (χ1v) is 4.19. The molecule has 1 heterocycles. The fourth-order valence-corrected chi connectivity index (χ4v) is 1.28. The Hall–Kier alpha value is -0.890. The van der Waals surface area contributed by atoms with Gasteiger partial charge in [-0.05, 0) is 18.1 Å². The first-order valence-electron chi connectivity index (χ1n) is 4.19. The Morgan fingerprint density at radius 2 is 2.08 bits per heavy atom. The Bertz CT molecular complexity index is 221. The van der Waals surface area contributed by atoms with Crippen molar-refractivity contribution in [3.63, 3.8) is 0 Å². The van der Waals surface area contributed by atoms with E-state index < -0.39 is 0 Å². The van der Waals surface area contributed by atoms with Gasteiger partial charge in [0.25, 0.3) is 0 Å². The Balaban J connectivity index is 2.80. The summed E-state index contributed by atoms with van der Waals surface area (Å²) in [6.45, 7) is 4.26. The summed E-state index contributed by atoms with van der Waals surface area (Å²) in [7, 11) is 1.72. The van der Waals surface area contributed by atoms with Gasteiger partial charge < -0.3 is 4.74 Å². The average Bonchev–Trinajstić information content (AvgIpc) is 2.07. The van der Waals surface area contributed by atoms with Gasteiger partial charge in [-0.2, -0.15) is 0 Å². The van der Waals surface area contributed by atoms with Crippen molar-refractivity contribution < 1.29 is 4.74 Å². The Kier molecular flexibility index (Phi) is 3.23. The summed E-state index contributed by atoms with van der Waals surface area (Å²) in [6, 6.07) is 5.89. The second-order valence-electron chi connectivity index (χ2n) is 3.15. The van der Waals surface area contributed by atoms with Gasteiger partial charge >= 0.3 is 0 Å². The quantitative estimate of drug-likeness (QED) is 0.686. The monoisotopic (exact) mass is 165 g/mol. The summed E-state index contributed by atoms with van der Waals surface area (Å²) in [4.78, 5) is 4.25. The number of methoxy groups -OCH3 is 1. The summed E-state index contributed by atoms with van der Waals surface area (Å²) in [5, 5.41) is 0. The van der Waals surface area contributed by atoms with Crippen LogP contribution >= 0.6 is 0 Å². The molecular weight excluding hydrogens is 150 g/mol. The fraction of sp³-hybridized carbons (Fsp3) is 0.500. The van der Waals surface area contributed by atoms with Crippen LogP contribution in [0.1, 0.15) is 25.6 Å². The maximum Gasteiger partial charge on any atom is 0.101 e. The van der Waals surface area contributed by atoms with E-state index in [9.17, 15) is 0 Å². The number of rotatable bonds is 3. The van der Waals surface area contributed by atoms with Gasteiger partial charge in [-0.15, -0.1) is 0 Å². The highest BCUT2D eigenvalue weighted by molar-refractivity contribution is 5.07. The van der Waals surface area contributed by atoms with Gasteiger partial charge in [0.2, 0.25) is 0 Å². The highest BCUT2D eigenvalue weighted by Crippen LogP contribution is 2.22. The van der Waals surface area contributed by atoms with Crippen molar-refractivity contribution in [2.75, 3.05) is 7.11 Å². The molecule has 0 bridgehead atoms. The van der Waals surface area contributed by atoms with Crippen molar-refractivity contribution in [1.82, 2.24) is 4.98 Å². The molecule has 0 aromatic carbocycles. The van der Waals surface area contributed by atoms with Crippen LogP contribution in [-0.2, 0) is 4.74 Å². The van der Waals surface area contributed by atoms with Crippen molar-refractivity contribution in [3.05, 3.63) is 30.1 Å². The number of nitrogens with zero attached hydrogens (tertiary/aromatic N) is 1. The smallest absolute Gasteiger partial charge is 0.101 e. The lowest BCUT2D eigenvalue weighted by atomic mass is 10.0. The Morgan fingerprint density at radius 3 is 2.50 bits per heavy atom. The van der Waals surface area contributed by atoms with Gasteiger partial charge in [0, 0.05) is 13.3 Å². The second-order valence-corrected chi connectivity index (χ2v) is 3.15. The van der Waals surface area contributed by atoms with Crippen LogP contribution in [0.5, 0.6) is 0 Å². The second kappa shape index (κ2) is 4.21. The SMILES string of the molecule is COC(c1ccccn1)C(C)C. The average molecular weight is 165 g/mol. The van der Waals surface area contributed by atoms with Crippen LogP contribution < -0.4 is 0 Å². The molecule has 12 heavy (non-hydrogen) atoms. The number of hydrogen-bond donors (Lipinski definition) is 0. The molecule has 0 aliphatic heterocycles. The highest BCUT2D eigenvalue weighted by Gasteiger charge is 2.14. The summed E-state index contributed by atoms with van der Waals surface area (Å²) < 4.78 is 5.34. The van der Waals surface area contributed by atoms with E-state index in [4.69, 9.17) is 4.74 Å². The minimum Gasteiger partial charge on any atom is -0.375 e. The lowest BCUT2D eigenvalue weighted by Gasteiger charge is -2.17. The maximum atomic E-state index is 5.34. The zero-order valence-corrected chi connectivity index (χ0v) is 7.82. The lowest BCUT2D eigenvalue weighted by Crippen LogP contribution is -2.10. The zero-order chi connectivity index (χ0) is 8.97. The number of hydrogen-bond acceptors (Lipinski definition) is 2. The first-order chi connectivity index (χ1) is 5.75. The molecule has 0 fully saturated rings. The van der Waals surface area contributed by atoms with Crippen LogP contribution in [0.2, 0.25) is 0 Å². The van der Waals surface area contributed by atoms with Gasteiger partial charge in [0.15, 0.2) is 0 Å². The molecule has 0 N–H and O–H groups in total. The maximum absolute atomic E-state index is 5.34. The van der Waals surface area contributed by atoms with Crippen molar-refractivity contribution in [3.8, 4) is 0 Å². The number of ether oxygens (including phenoxy) is 1. The van der Waals surface area contributed by atoms with Crippen LogP contribution in [0, 0.1) is 5.92 Å². The van der Waals surface area contributed by atoms with E-state index in [1.165, 1.54) is 0 Å². The van der Waals surface area contributed by atoms with Crippen LogP contribution in [0.15, 0.2) is 24.4 Å². The third-order valence-corrected chi connectivity index (χ3v) is 1.84. The molecular formula is C10H15NO. The van der Waals surface area contributed by atoms with E-state index in [0.29, 0.717) is 5.92 Å². The van der Waals surface area contributed by atoms with E-state index in [1.54, 1.807) is 13.3 Å². The van der Waals surface area contributed by atoms with Crippen molar-refractivity contribution in [1.29, 1.82) is 0 Å². The molecule has 0 aliphatic carbocycles. The Labute approximate surface area is 73.6 Å². The predicted molar refractivity (Wildman–Crippen MR) is 48.8 cm³/mol. The molecule has 0 spiro atoms. The number of pyridine rings is 1. The summed E-state index contributed by atoms with van der Waals surface area (Å²) in [5.41, 5.74) is 1.01. The molecule has 2 heteroatoms. The molecule has 1 aromatic heterocycles. The van der Waals surface area contributed by atoms with E-state index in [-0.39, 0.29) is 6.10 Å². The molecule has 0 radical (unpaired) electrons. The summed E-state index contributed by atoms with van der Waals surface area (Å²) >= 11 is 0. The Morgan fingerprint density at radius 1 is 1.33 bits per heavy atom. The lowest BCUT2D eigenvalue weighted by molar-refractivity contribution is 0.0612. The first kappa shape index (κ1) is 9.20. The van der Waals surface area contributed by atoms with Gasteiger partial charge in [-0.25, -0.2) is 0 Å². The van der Waals surface area contributed by atoms with Crippen molar-refractivity contribution >= 4 is 0 Å². The summed E-state index contributed by atoms with van der Waals surface area (Å²) in [5.74, 6) is 0.463. The third kappa shape index (κ3) is 2.05. The topological polar surface area (TPSA) is 22.1 Å². The molecule has 2 nitrogen and oxygen atoms in total. The molecule has 1 unspecified atom stereocenters. The van der Waals surface area contributed by atoms with E-state index in [0.717, 1.165) is 5.69 Å². The molecule has 1 rings (SSSR count). The van der Waals surface area contributed by atoms with Crippen LogP contribution in [-0.4, -0.2) is 12.1 Å². The van der Waals surface area contributed by atoms with Gasteiger partial charge in [0.05, 0.1) is 5.69 Å². The van der Waals surface area contributed by atoms with Crippen molar-refractivity contribution in [2.24, 2.45) is 5.92 Å². The van der Waals surface area contributed by atoms with Gasteiger partial charge in [-0.1, -0.05) is 19.9 Å². The van der Waals surface area contributed by atoms with E-state index >= 15 is 0 Å².